The summed E-state index contributed by atoms with van der Waals surface area (Å²) in [5.41, 5.74) is 1.33. The molecule has 4 heterocycles. The number of H-pyrrole nitrogens is 1. The first-order valence-corrected chi connectivity index (χ1v) is 8.51. The van der Waals surface area contributed by atoms with Crippen LogP contribution < -0.4 is 5.32 Å². The molecular weight excluding hydrogens is 318 g/mol. The van der Waals surface area contributed by atoms with Crippen molar-refractivity contribution < 1.29 is 9.53 Å². The van der Waals surface area contributed by atoms with Gasteiger partial charge in [0.25, 0.3) is 5.91 Å². The minimum absolute atomic E-state index is 0.130. The lowest BCUT2D eigenvalue weighted by molar-refractivity contribution is 0.0499. The molecule has 2 N–H and O–H groups in total. The van der Waals surface area contributed by atoms with Gasteiger partial charge in [0.05, 0.1) is 11.6 Å². The van der Waals surface area contributed by atoms with Crippen molar-refractivity contribution in [2.24, 2.45) is 13.0 Å². The third kappa shape index (κ3) is 3.15. The standard InChI is InChI=1S/C18H21N5O2/c1-23-7-6-20-17(23)15(12-3-8-25-9-4-12)22-18(24)14-10-13-2-5-19-16(13)21-11-14/h2,5-7,10-12,15H,3-4,8-9H2,1H3,(H,19,21)(H,22,24). The predicted molar refractivity (Wildman–Crippen MR) is 93.1 cm³/mol. The first-order valence-electron chi connectivity index (χ1n) is 8.51. The van der Waals surface area contributed by atoms with Crippen molar-refractivity contribution in [3.8, 4) is 0 Å². The maximum atomic E-state index is 12.8. The van der Waals surface area contributed by atoms with Gasteiger partial charge in [-0.15, -0.1) is 0 Å². The molecule has 1 amide bonds. The van der Waals surface area contributed by atoms with E-state index in [2.05, 4.69) is 20.3 Å². The van der Waals surface area contributed by atoms with Gasteiger partial charge >= 0.3 is 0 Å². The van der Waals surface area contributed by atoms with Crippen LogP contribution in [0.4, 0.5) is 0 Å². The number of rotatable bonds is 4. The molecule has 7 nitrogen and oxygen atoms in total. The molecule has 0 aromatic carbocycles. The summed E-state index contributed by atoms with van der Waals surface area (Å²) in [5, 5.41) is 4.10. The number of amides is 1. The molecule has 3 aromatic heterocycles. The van der Waals surface area contributed by atoms with Crippen molar-refractivity contribution in [3.05, 3.63) is 48.3 Å². The average Bonchev–Trinajstić information content (AvgIpc) is 3.28. The molecule has 1 atom stereocenters. The Morgan fingerprint density at radius 1 is 1.40 bits per heavy atom. The number of pyridine rings is 1. The molecule has 0 bridgehead atoms. The summed E-state index contributed by atoms with van der Waals surface area (Å²) in [4.78, 5) is 24.6. The van der Waals surface area contributed by atoms with Crippen LogP contribution >= 0.6 is 0 Å². The minimum atomic E-state index is -0.140. The van der Waals surface area contributed by atoms with Crippen LogP contribution in [0.3, 0.4) is 0 Å². The molecule has 3 aromatic rings. The average molecular weight is 339 g/mol. The van der Waals surface area contributed by atoms with E-state index in [0.29, 0.717) is 11.5 Å². The molecule has 25 heavy (non-hydrogen) atoms. The van der Waals surface area contributed by atoms with Crippen molar-refractivity contribution in [3.63, 3.8) is 0 Å². The van der Waals surface area contributed by atoms with Gasteiger partial charge in [0.2, 0.25) is 0 Å². The zero-order valence-corrected chi connectivity index (χ0v) is 14.1. The van der Waals surface area contributed by atoms with Crippen molar-refractivity contribution in [1.29, 1.82) is 0 Å². The molecular formula is C18H21N5O2. The lowest BCUT2D eigenvalue weighted by Gasteiger charge is -2.30. The van der Waals surface area contributed by atoms with E-state index in [1.807, 2.05) is 36.1 Å². The highest BCUT2D eigenvalue weighted by Gasteiger charge is 2.30. The minimum Gasteiger partial charge on any atom is -0.381 e. The van der Waals surface area contributed by atoms with E-state index in [9.17, 15) is 4.79 Å². The highest BCUT2D eigenvalue weighted by molar-refractivity contribution is 5.97. The van der Waals surface area contributed by atoms with Crippen molar-refractivity contribution in [1.82, 2.24) is 24.8 Å². The Morgan fingerprint density at radius 2 is 2.24 bits per heavy atom. The number of aromatic nitrogens is 4. The highest BCUT2D eigenvalue weighted by Crippen LogP contribution is 2.29. The molecule has 1 fully saturated rings. The van der Waals surface area contributed by atoms with E-state index >= 15 is 0 Å². The predicted octanol–water partition coefficient (Wildman–Crippen LogP) is 2.19. The lowest BCUT2D eigenvalue weighted by Crippen LogP contribution is -2.37. The number of fused-ring (bicyclic) bond motifs is 1. The molecule has 4 rings (SSSR count). The smallest absolute Gasteiger partial charge is 0.253 e. The Morgan fingerprint density at radius 3 is 3.00 bits per heavy atom. The first-order chi connectivity index (χ1) is 12.2. The Balaban J connectivity index is 1.60. The zero-order chi connectivity index (χ0) is 17.2. The Kier molecular flexibility index (Phi) is 4.23. The fourth-order valence-electron chi connectivity index (χ4n) is 3.41. The van der Waals surface area contributed by atoms with Gasteiger partial charge in [0.1, 0.15) is 11.5 Å². The number of aryl methyl sites for hydroxylation is 1. The van der Waals surface area contributed by atoms with Crippen LogP contribution in [0.1, 0.15) is 35.1 Å². The third-order valence-electron chi connectivity index (χ3n) is 4.82. The van der Waals surface area contributed by atoms with E-state index in [0.717, 1.165) is 42.9 Å². The van der Waals surface area contributed by atoms with Gasteiger partial charge in [-0.2, -0.15) is 0 Å². The summed E-state index contributed by atoms with van der Waals surface area (Å²) in [5.74, 6) is 1.05. The SMILES string of the molecule is Cn1ccnc1C(NC(=O)c1cnc2[nH]ccc2c1)C1CCOCC1. The van der Waals surface area contributed by atoms with Crippen LogP contribution in [0.5, 0.6) is 0 Å². The second-order valence-corrected chi connectivity index (χ2v) is 6.44. The van der Waals surface area contributed by atoms with Crippen LogP contribution in [-0.2, 0) is 11.8 Å². The van der Waals surface area contributed by atoms with Gasteiger partial charge < -0.3 is 19.6 Å². The Bertz CT molecular complexity index is 878. The van der Waals surface area contributed by atoms with Crippen LogP contribution in [0, 0.1) is 5.92 Å². The highest BCUT2D eigenvalue weighted by atomic mass is 16.5. The van der Waals surface area contributed by atoms with Crippen LogP contribution in [0.25, 0.3) is 11.0 Å². The van der Waals surface area contributed by atoms with E-state index in [4.69, 9.17) is 4.74 Å². The number of hydrogen-bond donors (Lipinski definition) is 2. The largest absolute Gasteiger partial charge is 0.381 e. The zero-order valence-electron chi connectivity index (χ0n) is 14.1. The maximum absolute atomic E-state index is 12.8. The number of carbonyl (C=O) groups is 1. The molecule has 0 aliphatic carbocycles. The topological polar surface area (TPSA) is 84.8 Å². The number of ether oxygens (including phenoxy) is 1. The second-order valence-electron chi connectivity index (χ2n) is 6.44. The van der Waals surface area contributed by atoms with Crippen molar-refractivity contribution in [2.75, 3.05) is 13.2 Å². The molecule has 1 saturated heterocycles. The summed E-state index contributed by atoms with van der Waals surface area (Å²) in [7, 11) is 1.95. The van der Waals surface area contributed by atoms with Gasteiger partial charge in [-0.05, 0) is 30.9 Å². The quantitative estimate of drug-likeness (QED) is 0.763. The summed E-state index contributed by atoms with van der Waals surface area (Å²) in [6, 6.07) is 3.62. The van der Waals surface area contributed by atoms with E-state index in [1.54, 1.807) is 12.4 Å². The van der Waals surface area contributed by atoms with E-state index in [-0.39, 0.29) is 11.9 Å². The molecule has 0 saturated carbocycles. The van der Waals surface area contributed by atoms with Crippen molar-refractivity contribution in [2.45, 2.75) is 18.9 Å². The van der Waals surface area contributed by atoms with Crippen LogP contribution in [0.2, 0.25) is 0 Å². The number of nitrogens with zero attached hydrogens (tertiary/aromatic N) is 3. The summed E-state index contributed by atoms with van der Waals surface area (Å²) in [6.45, 7) is 1.44. The molecule has 1 unspecified atom stereocenters. The number of nitrogens with one attached hydrogen (secondary N) is 2. The van der Waals surface area contributed by atoms with Gasteiger partial charge in [0, 0.05) is 50.4 Å². The normalized spacial score (nSPS) is 16.8. The fourth-order valence-corrected chi connectivity index (χ4v) is 3.41. The second kappa shape index (κ2) is 6.68. The first kappa shape index (κ1) is 15.8. The van der Waals surface area contributed by atoms with E-state index in [1.165, 1.54) is 0 Å². The van der Waals surface area contributed by atoms with Gasteiger partial charge in [0.15, 0.2) is 0 Å². The fraction of sp³-hybridized carbons (Fsp3) is 0.389. The number of carbonyl (C=O) groups excluding carboxylic acids is 1. The molecule has 0 radical (unpaired) electrons. The van der Waals surface area contributed by atoms with Gasteiger partial charge in [-0.25, -0.2) is 9.97 Å². The number of imidazole rings is 1. The monoisotopic (exact) mass is 339 g/mol. The van der Waals surface area contributed by atoms with E-state index < -0.39 is 0 Å². The van der Waals surface area contributed by atoms with Gasteiger partial charge in [-0.1, -0.05) is 0 Å². The third-order valence-corrected chi connectivity index (χ3v) is 4.82. The number of aromatic amines is 1. The van der Waals surface area contributed by atoms with Crippen LogP contribution in [0.15, 0.2) is 36.9 Å². The Hall–Kier alpha value is -2.67. The van der Waals surface area contributed by atoms with Crippen molar-refractivity contribution >= 4 is 16.9 Å². The molecule has 130 valence electrons. The lowest BCUT2D eigenvalue weighted by atomic mass is 9.91. The molecule has 1 aliphatic rings. The summed E-state index contributed by atoms with van der Waals surface area (Å²) < 4.78 is 7.44. The van der Waals surface area contributed by atoms with Gasteiger partial charge in [-0.3, -0.25) is 4.79 Å². The maximum Gasteiger partial charge on any atom is 0.253 e. The summed E-state index contributed by atoms with van der Waals surface area (Å²) >= 11 is 0. The number of hydrogen-bond acceptors (Lipinski definition) is 4. The molecule has 1 aliphatic heterocycles. The summed E-state index contributed by atoms with van der Waals surface area (Å²) in [6.07, 6.45) is 8.91. The Labute approximate surface area is 145 Å². The molecule has 7 heteroatoms. The molecule has 0 spiro atoms. The van der Waals surface area contributed by atoms with Crippen LogP contribution in [-0.4, -0.2) is 38.6 Å².